The molecule has 0 aromatic carbocycles. The summed E-state index contributed by atoms with van der Waals surface area (Å²) in [5.41, 5.74) is -0.599. The van der Waals surface area contributed by atoms with Gasteiger partial charge in [0.1, 0.15) is 0 Å². The van der Waals surface area contributed by atoms with Crippen LogP contribution in [0.4, 0.5) is 0 Å². The summed E-state index contributed by atoms with van der Waals surface area (Å²) in [6.45, 7) is 9.07. The normalized spacial score (nSPS) is 31.8. The first kappa shape index (κ1) is 10.0. The fourth-order valence-corrected chi connectivity index (χ4v) is 1.26. The van der Waals surface area contributed by atoms with Gasteiger partial charge >= 0.3 is 0 Å². The van der Waals surface area contributed by atoms with Crippen LogP contribution in [0.2, 0.25) is 0 Å². The second-order valence-corrected chi connectivity index (χ2v) is 4.76. The van der Waals surface area contributed by atoms with E-state index in [1.165, 1.54) is 6.42 Å². The highest BCUT2D eigenvalue weighted by Crippen LogP contribution is 2.36. The molecule has 3 atom stereocenters. The van der Waals surface area contributed by atoms with Gasteiger partial charge in [0, 0.05) is 6.04 Å². The minimum atomic E-state index is -0.599. The molecule has 0 spiro atoms. The molecule has 3 unspecified atom stereocenters. The first-order valence-electron chi connectivity index (χ1n) is 4.87. The lowest BCUT2D eigenvalue weighted by Gasteiger charge is -2.26. The fourth-order valence-electron chi connectivity index (χ4n) is 1.26. The van der Waals surface area contributed by atoms with Crippen LogP contribution in [0.15, 0.2) is 0 Å². The van der Waals surface area contributed by atoms with Gasteiger partial charge < -0.3 is 10.4 Å². The number of hydrogen-bond acceptors (Lipinski definition) is 2. The molecule has 1 aliphatic rings. The molecule has 0 bridgehead atoms. The molecule has 0 amide bonds. The van der Waals surface area contributed by atoms with E-state index in [-0.39, 0.29) is 6.04 Å². The van der Waals surface area contributed by atoms with Crippen LogP contribution in [0.5, 0.6) is 0 Å². The van der Waals surface area contributed by atoms with E-state index in [4.69, 9.17) is 0 Å². The minimum Gasteiger partial charge on any atom is -0.389 e. The summed E-state index contributed by atoms with van der Waals surface area (Å²) in [5.74, 6) is 1.75. The second kappa shape index (κ2) is 3.35. The van der Waals surface area contributed by atoms with E-state index in [1.54, 1.807) is 0 Å². The zero-order chi connectivity index (χ0) is 9.35. The average Bonchev–Trinajstić information content (AvgIpc) is 2.59. The van der Waals surface area contributed by atoms with Crippen molar-refractivity contribution in [1.29, 1.82) is 0 Å². The van der Waals surface area contributed by atoms with Crippen LogP contribution in [0, 0.1) is 11.8 Å². The highest BCUT2D eigenvalue weighted by Gasteiger charge is 2.33. The smallest absolute Gasteiger partial charge is 0.0741 e. The molecular weight excluding hydrogens is 150 g/mol. The summed E-state index contributed by atoms with van der Waals surface area (Å²) >= 11 is 0. The lowest BCUT2D eigenvalue weighted by molar-refractivity contribution is 0.0439. The van der Waals surface area contributed by atoms with Gasteiger partial charge in [-0.3, -0.25) is 0 Å². The first-order chi connectivity index (χ1) is 5.41. The van der Waals surface area contributed by atoms with Crippen molar-refractivity contribution in [2.24, 2.45) is 11.8 Å². The Kier molecular flexibility index (Phi) is 2.79. The predicted octanol–water partition coefficient (Wildman–Crippen LogP) is 1.39. The third-order valence-electron chi connectivity index (χ3n) is 3.02. The maximum atomic E-state index is 9.62. The fraction of sp³-hybridized carbons (Fsp3) is 1.00. The first-order valence-corrected chi connectivity index (χ1v) is 4.87. The van der Waals surface area contributed by atoms with Gasteiger partial charge in [0.05, 0.1) is 5.60 Å². The molecule has 1 rings (SSSR count). The van der Waals surface area contributed by atoms with Gasteiger partial charge in [0.2, 0.25) is 0 Å². The molecular formula is C10H21NO. The van der Waals surface area contributed by atoms with Crippen LogP contribution in [0.3, 0.4) is 0 Å². The van der Waals surface area contributed by atoms with Crippen molar-refractivity contribution in [3.05, 3.63) is 0 Å². The third kappa shape index (κ3) is 2.76. The molecule has 12 heavy (non-hydrogen) atoms. The average molecular weight is 171 g/mol. The molecule has 2 heteroatoms. The van der Waals surface area contributed by atoms with Crippen LogP contribution < -0.4 is 5.32 Å². The molecule has 2 nitrogen and oxygen atoms in total. The molecule has 72 valence electrons. The van der Waals surface area contributed by atoms with Gasteiger partial charge in [-0.05, 0) is 45.6 Å². The van der Waals surface area contributed by atoms with Gasteiger partial charge in [-0.1, -0.05) is 6.92 Å². The Morgan fingerprint density at radius 1 is 1.58 bits per heavy atom. The van der Waals surface area contributed by atoms with Crippen molar-refractivity contribution in [1.82, 2.24) is 5.32 Å². The second-order valence-electron chi connectivity index (χ2n) is 4.76. The molecule has 0 radical (unpaired) electrons. The van der Waals surface area contributed by atoms with E-state index >= 15 is 0 Å². The van der Waals surface area contributed by atoms with Crippen molar-refractivity contribution in [3.63, 3.8) is 0 Å². The lowest BCUT2D eigenvalue weighted by Crippen LogP contribution is -2.45. The molecule has 0 aromatic rings. The van der Waals surface area contributed by atoms with Crippen LogP contribution >= 0.6 is 0 Å². The topological polar surface area (TPSA) is 32.3 Å². The van der Waals surface area contributed by atoms with Gasteiger partial charge in [-0.15, -0.1) is 0 Å². The molecule has 1 aliphatic carbocycles. The Bertz CT molecular complexity index is 150. The van der Waals surface area contributed by atoms with Gasteiger partial charge in [-0.25, -0.2) is 0 Å². The number of rotatable bonds is 4. The Labute approximate surface area is 75.4 Å². The Morgan fingerprint density at radius 2 is 2.08 bits per heavy atom. The highest BCUT2D eigenvalue weighted by molar-refractivity contribution is 4.87. The van der Waals surface area contributed by atoms with Crippen molar-refractivity contribution in [3.8, 4) is 0 Å². The molecule has 1 fully saturated rings. The SMILES string of the molecule is CC1CC1CNC(C)C(C)(C)O. The van der Waals surface area contributed by atoms with E-state index in [9.17, 15) is 5.11 Å². The molecule has 1 saturated carbocycles. The summed E-state index contributed by atoms with van der Waals surface area (Å²) < 4.78 is 0. The zero-order valence-electron chi connectivity index (χ0n) is 8.59. The minimum absolute atomic E-state index is 0.185. The summed E-state index contributed by atoms with van der Waals surface area (Å²) in [6.07, 6.45) is 1.35. The molecule has 2 N–H and O–H groups in total. The summed E-state index contributed by atoms with van der Waals surface area (Å²) in [4.78, 5) is 0. The van der Waals surface area contributed by atoms with Crippen molar-refractivity contribution in [2.75, 3.05) is 6.54 Å². The maximum absolute atomic E-state index is 9.62. The van der Waals surface area contributed by atoms with E-state index in [0.717, 1.165) is 18.4 Å². The van der Waals surface area contributed by atoms with Gasteiger partial charge in [-0.2, -0.15) is 0 Å². The third-order valence-corrected chi connectivity index (χ3v) is 3.02. The zero-order valence-corrected chi connectivity index (χ0v) is 8.59. The monoisotopic (exact) mass is 171 g/mol. The largest absolute Gasteiger partial charge is 0.389 e. The molecule has 0 aromatic heterocycles. The molecule has 0 heterocycles. The van der Waals surface area contributed by atoms with Crippen LogP contribution in [0.1, 0.15) is 34.1 Å². The van der Waals surface area contributed by atoms with Crippen molar-refractivity contribution < 1.29 is 5.11 Å². The predicted molar refractivity (Wildman–Crippen MR) is 51.0 cm³/mol. The van der Waals surface area contributed by atoms with Crippen LogP contribution in [-0.4, -0.2) is 23.3 Å². The van der Waals surface area contributed by atoms with Crippen LogP contribution in [-0.2, 0) is 0 Å². The molecule has 0 aliphatic heterocycles. The van der Waals surface area contributed by atoms with Crippen molar-refractivity contribution >= 4 is 0 Å². The summed E-state index contributed by atoms with van der Waals surface area (Å²) in [5, 5.41) is 13.0. The van der Waals surface area contributed by atoms with Gasteiger partial charge in [0.15, 0.2) is 0 Å². The maximum Gasteiger partial charge on any atom is 0.0741 e. The van der Waals surface area contributed by atoms with E-state index in [2.05, 4.69) is 12.2 Å². The lowest BCUT2D eigenvalue weighted by atomic mass is 10.0. The van der Waals surface area contributed by atoms with E-state index < -0.39 is 5.60 Å². The Balaban J connectivity index is 2.14. The standard InChI is InChI=1S/C10H21NO/c1-7-5-9(7)6-11-8(2)10(3,4)12/h7-9,11-12H,5-6H2,1-4H3. The van der Waals surface area contributed by atoms with Gasteiger partial charge in [0.25, 0.3) is 0 Å². The molecule has 0 saturated heterocycles. The summed E-state index contributed by atoms with van der Waals surface area (Å²) in [7, 11) is 0. The van der Waals surface area contributed by atoms with E-state index in [0.29, 0.717) is 0 Å². The summed E-state index contributed by atoms with van der Waals surface area (Å²) in [6, 6.07) is 0.185. The number of nitrogens with one attached hydrogen (secondary N) is 1. The quantitative estimate of drug-likeness (QED) is 0.670. The number of aliphatic hydroxyl groups is 1. The van der Waals surface area contributed by atoms with Crippen molar-refractivity contribution in [2.45, 2.75) is 45.8 Å². The highest BCUT2D eigenvalue weighted by atomic mass is 16.3. The van der Waals surface area contributed by atoms with E-state index in [1.807, 2.05) is 20.8 Å². The number of hydrogen-bond donors (Lipinski definition) is 2. The Morgan fingerprint density at radius 3 is 2.42 bits per heavy atom. The van der Waals surface area contributed by atoms with Crippen LogP contribution in [0.25, 0.3) is 0 Å². The Hall–Kier alpha value is -0.0800.